The molecule has 0 aliphatic carbocycles. The van der Waals surface area contributed by atoms with Gasteiger partial charge in [0.05, 0.1) is 11.9 Å². The van der Waals surface area contributed by atoms with Crippen LogP contribution in [0.25, 0.3) is 21.8 Å². The first-order valence-electron chi connectivity index (χ1n) is 10.8. The topological polar surface area (TPSA) is 23.8 Å². The van der Waals surface area contributed by atoms with Gasteiger partial charge in [0, 0.05) is 54.2 Å². The number of para-hydroxylation sites is 1. The monoisotopic (exact) mass is 398 g/mol. The van der Waals surface area contributed by atoms with Gasteiger partial charge < -0.3 is 9.47 Å². The van der Waals surface area contributed by atoms with Gasteiger partial charge in [-0.2, -0.15) is 5.10 Å². The van der Waals surface area contributed by atoms with Crippen LogP contribution < -0.4 is 9.91 Å². The lowest BCUT2D eigenvalue weighted by molar-refractivity contribution is 0.827. The summed E-state index contributed by atoms with van der Waals surface area (Å²) in [6, 6.07) is 23.8. The van der Waals surface area contributed by atoms with Crippen LogP contribution in [0.3, 0.4) is 0 Å². The molecule has 1 aromatic heterocycles. The molecule has 0 atom stereocenters. The van der Waals surface area contributed by atoms with E-state index in [0.717, 1.165) is 30.9 Å². The van der Waals surface area contributed by atoms with Gasteiger partial charge in [-0.15, -0.1) is 0 Å². The summed E-state index contributed by atoms with van der Waals surface area (Å²) in [7, 11) is 1.99. The van der Waals surface area contributed by atoms with Crippen LogP contribution >= 0.6 is 0 Å². The van der Waals surface area contributed by atoms with Gasteiger partial charge in [0.2, 0.25) is 0 Å². The van der Waals surface area contributed by atoms with E-state index in [9.17, 15) is 0 Å². The molecule has 0 unspecified atom stereocenters. The summed E-state index contributed by atoms with van der Waals surface area (Å²) in [4.78, 5) is 2.34. The first-order chi connectivity index (χ1) is 14.7. The summed E-state index contributed by atoms with van der Waals surface area (Å²) < 4.78 is 2.37. The number of anilines is 2. The van der Waals surface area contributed by atoms with Gasteiger partial charge in [-0.05, 0) is 68.8 Å². The molecule has 30 heavy (non-hydrogen) atoms. The largest absolute Gasteiger partial charge is 0.372 e. The number of benzene rings is 3. The molecule has 0 saturated heterocycles. The maximum atomic E-state index is 4.68. The third kappa shape index (κ3) is 3.65. The van der Waals surface area contributed by atoms with E-state index in [1.807, 2.05) is 18.3 Å². The zero-order chi connectivity index (χ0) is 21.1. The number of hydrazone groups is 1. The van der Waals surface area contributed by atoms with Crippen LogP contribution in [0, 0.1) is 0 Å². The van der Waals surface area contributed by atoms with Crippen molar-refractivity contribution >= 4 is 39.4 Å². The number of aromatic nitrogens is 1. The molecule has 0 radical (unpaired) electrons. The highest BCUT2D eigenvalue weighted by molar-refractivity contribution is 6.09. The van der Waals surface area contributed by atoms with Crippen molar-refractivity contribution in [2.75, 3.05) is 30.0 Å². The molecule has 0 aliphatic heterocycles. The van der Waals surface area contributed by atoms with Gasteiger partial charge in [-0.1, -0.05) is 24.3 Å². The second kappa shape index (κ2) is 8.62. The number of hydrogen-bond acceptors (Lipinski definition) is 3. The van der Waals surface area contributed by atoms with Gasteiger partial charge in [-0.25, -0.2) is 0 Å². The minimum absolute atomic E-state index is 0.962. The van der Waals surface area contributed by atoms with Crippen LogP contribution in [0.15, 0.2) is 71.8 Å². The van der Waals surface area contributed by atoms with Crippen molar-refractivity contribution in [2.24, 2.45) is 5.10 Å². The fraction of sp³-hybridized carbons (Fsp3) is 0.269. The van der Waals surface area contributed by atoms with Crippen LogP contribution in [-0.2, 0) is 6.54 Å². The number of nitrogens with zero attached hydrogens (tertiary/aromatic N) is 4. The minimum Gasteiger partial charge on any atom is -0.372 e. The Labute approximate surface area is 179 Å². The fourth-order valence-corrected chi connectivity index (χ4v) is 4.18. The van der Waals surface area contributed by atoms with E-state index in [2.05, 4.69) is 102 Å². The molecule has 0 N–H and O–H groups in total. The highest BCUT2D eigenvalue weighted by Gasteiger charge is 2.09. The Bertz CT molecular complexity index is 1170. The molecular formula is C26H30N4. The summed E-state index contributed by atoms with van der Waals surface area (Å²) in [5.41, 5.74) is 5.99. The normalized spacial score (nSPS) is 11.6. The van der Waals surface area contributed by atoms with Crippen LogP contribution in [0.4, 0.5) is 11.4 Å². The van der Waals surface area contributed by atoms with Crippen molar-refractivity contribution in [1.82, 2.24) is 4.57 Å². The van der Waals surface area contributed by atoms with Crippen molar-refractivity contribution in [3.8, 4) is 0 Å². The van der Waals surface area contributed by atoms with E-state index in [0.29, 0.717) is 0 Å². The Morgan fingerprint density at radius 3 is 2.17 bits per heavy atom. The smallest absolute Gasteiger partial charge is 0.0592 e. The predicted molar refractivity (Wildman–Crippen MR) is 131 cm³/mol. The number of fused-ring (bicyclic) bond motifs is 3. The van der Waals surface area contributed by atoms with Crippen molar-refractivity contribution in [3.05, 3.63) is 72.3 Å². The first-order valence-corrected chi connectivity index (χ1v) is 10.8. The summed E-state index contributed by atoms with van der Waals surface area (Å²) in [6.45, 7) is 9.55. The molecule has 4 heteroatoms. The second-order valence-corrected chi connectivity index (χ2v) is 7.49. The summed E-state index contributed by atoms with van der Waals surface area (Å²) in [5.74, 6) is 0. The van der Waals surface area contributed by atoms with Crippen molar-refractivity contribution in [1.29, 1.82) is 0 Å². The van der Waals surface area contributed by atoms with Crippen molar-refractivity contribution < 1.29 is 0 Å². The van der Waals surface area contributed by atoms with Gasteiger partial charge in [-0.3, -0.25) is 5.01 Å². The SMILES string of the molecule is CCN(CC)c1ccc(N(C)N=Cc2ccc3c(c2)c2ccccc2n3CC)cc1. The minimum atomic E-state index is 0.962. The van der Waals surface area contributed by atoms with Gasteiger partial charge in [0.1, 0.15) is 0 Å². The highest BCUT2D eigenvalue weighted by atomic mass is 15.4. The summed E-state index contributed by atoms with van der Waals surface area (Å²) in [5, 5.41) is 9.18. The summed E-state index contributed by atoms with van der Waals surface area (Å²) >= 11 is 0. The predicted octanol–water partition coefficient (Wildman–Crippen LogP) is 6.13. The molecule has 4 nitrogen and oxygen atoms in total. The number of aryl methyl sites for hydroxylation is 1. The van der Waals surface area contributed by atoms with Gasteiger partial charge >= 0.3 is 0 Å². The third-order valence-corrected chi connectivity index (χ3v) is 5.84. The lowest BCUT2D eigenvalue weighted by atomic mass is 10.1. The third-order valence-electron chi connectivity index (χ3n) is 5.84. The van der Waals surface area contributed by atoms with E-state index in [1.54, 1.807) is 0 Å². The lowest BCUT2D eigenvalue weighted by Gasteiger charge is -2.22. The Morgan fingerprint density at radius 2 is 1.47 bits per heavy atom. The average Bonchev–Trinajstić information content (AvgIpc) is 3.11. The molecule has 4 aromatic rings. The standard InChI is InChI=1S/C26H30N4/c1-5-29(6-2)22-15-13-21(14-16-22)28(4)27-19-20-12-17-26-24(18-20)23-10-8-9-11-25(23)30(26)7-3/h8-19H,5-7H2,1-4H3. The molecule has 0 saturated carbocycles. The van der Waals surface area contributed by atoms with Crippen molar-refractivity contribution in [3.63, 3.8) is 0 Å². The van der Waals surface area contributed by atoms with Crippen LogP contribution in [0.1, 0.15) is 26.3 Å². The fourth-order valence-electron chi connectivity index (χ4n) is 4.18. The van der Waals surface area contributed by atoms with Crippen LogP contribution in [0.2, 0.25) is 0 Å². The van der Waals surface area contributed by atoms with E-state index in [4.69, 9.17) is 0 Å². The van der Waals surface area contributed by atoms with Gasteiger partial charge in [0.25, 0.3) is 0 Å². The molecule has 4 rings (SSSR count). The van der Waals surface area contributed by atoms with E-state index >= 15 is 0 Å². The zero-order valence-electron chi connectivity index (χ0n) is 18.3. The van der Waals surface area contributed by atoms with E-state index in [-0.39, 0.29) is 0 Å². The Morgan fingerprint density at radius 1 is 0.800 bits per heavy atom. The number of rotatable bonds is 7. The highest BCUT2D eigenvalue weighted by Crippen LogP contribution is 2.29. The Hall–Kier alpha value is -3.27. The van der Waals surface area contributed by atoms with Crippen molar-refractivity contribution in [2.45, 2.75) is 27.3 Å². The van der Waals surface area contributed by atoms with Crippen LogP contribution in [0.5, 0.6) is 0 Å². The molecular weight excluding hydrogens is 368 g/mol. The molecule has 1 heterocycles. The molecule has 0 bridgehead atoms. The lowest BCUT2D eigenvalue weighted by Crippen LogP contribution is -2.21. The maximum absolute atomic E-state index is 4.68. The maximum Gasteiger partial charge on any atom is 0.0592 e. The molecule has 0 spiro atoms. The quantitative estimate of drug-likeness (QED) is 0.276. The Balaban J connectivity index is 1.60. The molecule has 0 aliphatic rings. The van der Waals surface area contributed by atoms with E-state index < -0.39 is 0 Å². The van der Waals surface area contributed by atoms with Crippen LogP contribution in [-0.4, -0.2) is 30.9 Å². The molecule has 0 fully saturated rings. The van der Waals surface area contributed by atoms with E-state index in [1.165, 1.54) is 27.5 Å². The average molecular weight is 399 g/mol. The number of hydrogen-bond donors (Lipinski definition) is 0. The molecule has 3 aromatic carbocycles. The zero-order valence-corrected chi connectivity index (χ0v) is 18.3. The summed E-state index contributed by atoms with van der Waals surface area (Å²) in [6.07, 6.45) is 1.94. The molecule has 154 valence electrons. The molecule has 0 amide bonds. The second-order valence-electron chi connectivity index (χ2n) is 7.49. The Kier molecular flexibility index (Phi) is 5.75. The van der Waals surface area contributed by atoms with Gasteiger partial charge in [0.15, 0.2) is 0 Å². The first kappa shape index (κ1) is 20.0.